The number of nitrogens with zero attached hydrogens (tertiary/aromatic N) is 1. The third-order valence-electron chi connectivity index (χ3n) is 6.23. The summed E-state index contributed by atoms with van der Waals surface area (Å²) in [5.41, 5.74) is 5.09. The molecule has 2 N–H and O–H groups in total. The van der Waals surface area contributed by atoms with Gasteiger partial charge in [0.05, 0.1) is 6.04 Å². The average molecular weight is 456 g/mol. The molecule has 7 heteroatoms. The van der Waals surface area contributed by atoms with Crippen LogP contribution in [0.1, 0.15) is 22.9 Å². The molecule has 3 aromatic carbocycles. The lowest BCUT2D eigenvalue weighted by atomic mass is 9.92. The Morgan fingerprint density at radius 3 is 2.67 bits per heavy atom. The van der Waals surface area contributed by atoms with Gasteiger partial charge in [-0.3, -0.25) is 4.79 Å². The summed E-state index contributed by atoms with van der Waals surface area (Å²) >= 11 is 5.73. The van der Waals surface area contributed by atoms with Crippen molar-refractivity contribution in [3.63, 3.8) is 0 Å². The van der Waals surface area contributed by atoms with E-state index in [-0.39, 0.29) is 23.7 Å². The molecule has 1 amide bonds. The van der Waals surface area contributed by atoms with Crippen LogP contribution in [-0.4, -0.2) is 34.1 Å². The summed E-state index contributed by atoms with van der Waals surface area (Å²) in [6.45, 7) is 0.845. The average Bonchev–Trinajstić information content (AvgIpc) is 3.47. The van der Waals surface area contributed by atoms with E-state index in [1.165, 1.54) is 10.9 Å². The Labute approximate surface area is 196 Å². The minimum atomic E-state index is -0.290. The molecule has 1 atom stereocenters. The normalized spacial score (nSPS) is 16.5. The van der Waals surface area contributed by atoms with Gasteiger partial charge in [-0.2, -0.15) is 0 Å². The molecule has 2 aliphatic heterocycles. The van der Waals surface area contributed by atoms with Gasteiger partial charge in [0.1, 0.15) is 0 Å². The zero-order valence-electron chi connectivity index (χ0n) is 17.7. The molecule has 3 heterocycles. The molecule has 1 aromatic heterocycles. The van der Waals surface area contributed by atoms with Crippen molar-refractivity contribution >= 4 is 39.7 Å². The minimum absolute atomic E-state index is 0.211. The van der Waals surface area contributed by atoms with Gasteiger partial charge in [-0.05, 0) is 47.9 Å². The van der Waals surface area contributed by atoms with Crippen LogP contribution in [0.15, 0.2) is 72.8 Å². The molecule has 0 radical (unpaired) electrons. The Bertz CT molecular complexity index is 1380. The molecule has 0 saturated heterocycles. The number of benzene rings is 3. The monoisotopic (exact) mass is 455 g/mol. The lowest BCUT2D eigenvalue weighted by Crippen LogP contribution is -2.44. The molecule has 33 heavy (non-hydrogen) atoms. The SMILES string of the molecule is O=C(Nc1ccccc1)C(=S)N1CCc2c([nH]c3ccccc23)[C@H]1c1ccc2c(c1)OCO2. The van der Waals surface area contributed by atoms with Crippen LogP contribution in [-0.2, 0) is 11.2 Å². The van der Waals surface area contributed by atoms with E-state index in [9.17, 15) is 4.79 Å². The summed E-state index contributed by atoms with van der Waals surface area (Å²) in [4.78, 5) is 19.0. The Kier molecular flexibility index (Phi) is 4.77. The van der Waals surface area contributed by atoms with Crippen LogP contribution in [0, 0.1) is 0 Å². The lowest BCUT2D eigenvalue weighted by molar-refractivity contribution is -0.110. The number of rotatable bonds is 2. The molecule has 4 aromatic rings. The lowest BCUT2D eigenvalue weighted by Gasteiger charge is -2.37. The maximum atomic E-state index is 13.1. The van der Waals surface area contributed by atoms with Crippen molar-refractivity contribution in [1.29, 1.82) is 0 Å². The number of fused-ring (bicyclic) bond motifs is 4. The highest BCUT2D eigenvalue weighted by Gasteiger charge is 2.35. The van der Waals surface area contributed by atoms with E-state index in [1.807, 2.05) is 59.5 Å². The second kappa shape index (κ2) is 7.94. The Hall–Kier alpha value is -3.84. The van der Waals surface area contributed by atoms with Crippen LogP contribution < -0.4 is 14.8 Å². The standard InChI is InChI=1S/C26H21N3O3S/c30-25(27-17-6-2-1-3-7-17)26(33)29-13-12-19-18-8-4-5-9-20(18)28-23(19)24(29)16-10-11-21-22(14-16)32-15-31-21/h1-11,14,24,28H,12-13,15H2,(H,27,30)/t24-/m1/s1. The predicted octanol–water partition coefficient (Wildman–Crippen LogP) is 4.81. The van der Waals surface area contributed by atoms with Crippen molar-refractivity contribution < 1.29 is 14.3 Å². The molecule has 6 nitrogen and oxygen atoms in total. The summed E-state index contributed by atoms with van der Waals surface area (Å²) in [6, 6.07) is 23.3. The molecular weight excluding hydrogens is 434 g/mol. The molecule has 0 unspecified atom stereocenters. The van der Waals surface area contributed by atoms with Gasteiger partial charge in [0.25, 0.3) is 5.91 Å². The number of carbonyl (C=O) groups is 1. The van der Waals surface area contributed by atoms with E-state index < -0.39 is 0 Å². The van der Waals surface area contributed by atoms with Crippen LogP contribution in [0.2, 0.25) is 0 Å². The number of para-hydroxylation sites is 2. The molecular formula is C26H21N3O3S. The van der Waals surface area contributed by atoms with Gasteiger partial charge in [-0.15, -0.1) is 0 Å². The van der Waals surface area contributed by atoms with Gasteiger partial charge in [-0.1, -0.05) is 54.7 Å². The van der Waals surface area contributed by atoms with Crippen LogP contribution in [0.3, 0.4) is 0 Å². The van der Waals surface area contributed by atoms with Crippen molar-refractivity contribution in [3.05, 3.63) is 89.6 Å². The second-order valence-corrected chi connectivity index (χ2v) is 8.53. The Balaban J connectivity index is 1.42. The molecule has 0 spiro atoms. The largest absolute Gasteiger partial charge is 0.454 e. The number of aromatic amines is 1. The van der Waals surface area contributed by atoms with Gasteiger partial charge in [-0.25, -0.2) is 0 Å². The fourth-order valence-electron chi connectivity index (χ4n) is 4.73. The molecule has 0 aliphatic carbocycles. The van der Waals surface area contributed by atoms with Gasteiger partial charge >= 0.3 is 0 Å². The Morgan fingerprint density at radius 1 is 1.00 bits per heavy atom. The van der Waals surface area contributed by atoms with E-state index in [2.05, 4.69) is 28.5 Å². The summed E-state index contributed by atoms with van der Waals surface area (Å²) in [7, 11) is 0. The van der Waals surface area contributed by atoms with E-state index in [4.69, 9.17) is 21.7 Å². The van der Waals surface area contributed by atoms with Crippen LogP contribution in [0.4, 0.5) is 5.69 Å². The summed E-state index contributed by atoms with van der Waals surface area (Å²) in [6.07, 6.45) is 0.791. The predicted molar refractivity (Wildman–Crippen MR) is 131 cm³/mol. The first-order valence-electron chi connectivity index (χ1n) is 10.8. The van der Waals surface area contributed by atoms with Crippen molar-refractivity contribution in [2.45, 2.75) is 12.5 Å². The first kappa shape index (κ1) is 19.8. The summed E-state index contributed by atoms with van der Waals surface area (Å²) < 4.78 is 11.1. The molecule has 0 bridgehead atoms. The zero-order chi connectivity index (χ0) is 22.4. The van der Waals surface area contributed by atoms with Gasteiger partial charge in [0.15, 0.2) is 16.5 Å². The number of carbonyl (C=O) groups excluding carboxylic acids is 1. The van der Waals surface area contributed by atoms with Crippen molar-refractivity contribution in [1.82, 2.24) is 9.88 Å². The first-order chi connectivity index (χ1) is 16.2. The zero-order valence-corrected chi connectivity index (χ0v) is 18.5. The number of thiocarbonyl (C=S) groups is 1. The quantitative estimate of drug-likeness (QED) is 0.425. The van der Waals surface area contributed by atoms with E-state index >= 15 is 0 Å². The number of anilines is 1. The number of nitrogens with one attached hydrogen (secondary N) is 2. The highest BCUT2D eigenvalue weighted by molar-refractivity contribution is 7.82. The number of amides is 1. The highest BCUT2D eigenvalue weighted by Crippen LogP contribution is 2.42. The third kappa shape index (κ3) is 3.41. The second-order valence-electron chi connectivity index (χ2n) is 8.15. The van der Waals surface area contributed by atoms with Crippen molar-refractivity contribution in [2.24, 2.45) is 0 Å². The first-order valence-corrected chi connectivity index (χ1v) is 11.3. The van der Waals surface area contributed by atoms with E-state index in [1.54, 1.807) is 0 Å². The maximum absolute atomic E-state index is 13.1. The van der Waals surface area contributed by atoms with Crippen LogP contribution in [0.25, 0.3) is 10.9 Å². The summed E-state index contributed by atoms with van der Waals surface area (Å²) in [5, 5.41) is 4.13. The fraction of sp³-hybridized carbons (Fsp3) is 0.154. The van der Waals surface area contributed by atoms with E-state index in [0.717, 1.165) is 28.9 Å². The number of hydrogen-bond donors (Lipinski definition) is 2. The molecule has 0 saturated carbocycles. The fourth-order valence-corrected chi connectivity index (χ4v) is 4.97. The van der Waals surface area contributed by atoms with E-state index in [0.29, 0.717) is 18.0 Å². The number of H-pyrrole nitrogens is 1. The third-order valence-corrected chi connectivity index (χ3v) is 6.65. The maximum Gasteiger partial charge on any atom is 0.283 e. The van der Waals surface area contributed by atoms with Crippen LogP contribution >= 0.6 is 12.2 Å². The van der Waals surface area contributed by atoms with Crippen LogP contribution in [0.5, 0.6) is 11.5 Å². The molecule has 164 valence electrons. The summed E-state index contributed by atoms with van der Waals surface area (Å²) in [5.74, 6) is 1.14. The van der Waals surface area contributed by atoms with Gasteiger partial charge in [0, 0.05) is 28.8 Å². The molecule has 2 aliphatic rings. The number of aromatic nitrogens is 1. The molecule has 6 rings (SSSR count). The number of ether oxygens (including phenoxy) is 2. The van der Waals surface area contributed by atoms with Crippen molar-refractivity contribution in [2.75, 3.05) is 18.7 Å². The van der Waals surface area contributed by atoms with Crippen molar-refractivity contribution in [3.8, 4) is 11.5 Å². The van der Waals surface area contributed by atoms with Gasteiger partial charge in [0.2, 0.25) is 6.79 Å². The highest BCUT2D eigenvalue weighted by atomic mass is 32.1. The number of hydrogen-bond acceptors (Lipinski definition) is 4. The molecule has 0 fully saturated rings. The smallest absolute Gasteiger partial charge is 0.283 e. The topological polar surface area (TPSA) is 66.6 Å². The minimum Gasteiger partial charge on any atom is -0.454 e. The van der Waals surface area contributed by atoms with Gasteiger partial charge < -0.3 is 24.7 Å². The Morgan fingerprint density at radius 2 is 1.79 bits per heavy atom.